The van der Waals surface area contributed by atoms with Crippen LogP contribution in [0.15, 0.2) is 18.2 Å². The van der Waals surface area contributed by atoms with Gasteiger partial charge >= 0.3 is 0 Å². The predicted molar refractivity (Wildman–Crippen MR) is 83.4 cm³/mol. The number of nitrogens with zero attached hydrogens (tertiary/aromatic N) is 1. The Morgan fingerprint density at radius 3 is 2.54 bits per heavy atom. The maximum atomic E-state index is 12.8. The van der Waals surface area contributed by atoms with Crippen molar-refractivity contribution in [1.29, 1.82) is 0 Å². The zero-order chi connectivity index (χ0) is 16.8. The van der Waals surface area contributed by atoms with Gasteiger partial charge in [0.1, 0.15) is 6.04 Å². The number of benzene rings is 1. The van der Waals surface area contributed by atoms with E-state index in [4.69, 9.17) is 0 Å². The SMILES string of the molecule is O=C1CCC(N2C(=O)c3cccc(NC4CNC4)c3C2=O)C(=O)N1. The van der Waals surface area contributed by atoms with Gasteiger partial charge in [0, 0.05) is 25.2 Å². The van der Waals surface area contributed by atoms with E-state index in [-0.39, 0.29) is 24.8 Å². The average molecular weight is 328 g/mol. The van der Waals surface area contributed by atoms with Gasteiger partial charge in [-0.2, -0.15) is 0 Å². The molecule has 8 heteroatoms. The van der Waals surface area contributed by atoms with Gasteiger partial charge in [0.05, 0.1) is 17.2 Å². The van der Waals surface area contributed by atoms with Crippen LogP contribution in [0, 0.1) is 0 Å². The molecule has 0 saturated carbocycles. The van der Waals surface area contributed by atoms with Crippen molar-refractivity contribution in [2.24, 2.45) is 0 Å². The molecule has 2 fully saturated rings. The molecule has 4 rings (SSSR count). The number of amides is 4. The molecule has 1 atom stereocenters. The van der Waals surface area contributed by atoms with Gasteiger partial charge in [-0.15, -0.1) is 0 Å². The first-order valence-corrected chi connectivity index (χ1v) is 7.88. The molecule has 1 aromatic rings. The number of carbonyl (C=O) groups is 4. The van der Waals surface area contributed by atoms with Gasteiger partial charge in [-0.1, -0.05) is 6.07 Å². The van der Waals surface area contributed by atoms with Crippen molar-refractivity contribution < 1.29 is 19.2 Å². The monoisotopic (exact) mass is 328 g/mol. The van der Waals surface area contributed by atoms with Gasteiger partial charge in [-0.25, -0.2) is 0 Å². The van der Waals surface area contributed by atoms with Crippen LogP contribution in [0.3, 0.4) is 0 Å². The minimum absolute atomic E-state index is 0.114. The molecule has 3 N–H and O–H groups in total. The normalized spacial score (nSPS) is 23.8. The molecule has 3 heterocycles. The van der Waals surface area contributed by atoms with Gasteiger partial charge in [0.15, 0.2) is 0 Å². The van der Waals surface area contributed by atoms with E-state index in [2.05, 4.69) is 16.0 Å². The molecule has 2 saturated heterocycles. The highest BCUT2D eigenvalue weighted by molar-refractivity contribution is 6.25. The summed E-state index contributed by atoms with van der Waals surface area (Å²) >= 11 is 0. The first-order valence-electron chi connectivity index (χ1n) is 7.88. The molecule has 0 bridgehead atoms. The fourth-order valence-electron chi connectivity index (χ4n) is 3.25. The summed E-state index contributed by atoms with van der Waals surface area (Å²) in [6, 6.07) is 4.34. The van der Waals surface area contributed by atoms with E-state index in [0.717, 1.165) is 18.0 Å². The summed E-state index contributed by atoms with van der Waals surface area (Å²) in [4.78, 5) is 49.8. The summed E-state index contributed by atoms with van der Waals surface area (Å²) in [6.07, 6.45) is 0.272. The van der Waals surface area contributed by atoms with Gasteiger partial charge in [-0.3, -0.25) is 29.4 Å². The standard InChI is InChI=1S/C16H16N4O4/c21-12-5-4-11(14(22)19-12)20-15(23)9-2-1-3-10(13(9)16(20)24)18-8-6-17-7-8/h1-3,8,11,17-18H,4-7H2,(H,19,21,22). The Labute approximate surface area is 137 Å². The van der Waals surface area contributed by atoms with Crippen molar-refractivity contribution >= 4 is 29.3 Å². The van der Waals surface area contributed by atoms with Crippen LogP contribution >= 0.6 is 0 Å². The van der Waals surface area contributed by atoms with Crippen molar-refractivity contribution in [1.82, 2.24) is 15.5 Å². The van der Waals surface area contributed by atoms with E-state index >= 15 is 0 Å². The number of rotatable bonds is 3. The predicted octanol–water partition coefficient (Wildman–Crippen LogP) is -0.528. The van der Waals surface area contributed by atoms with E-state index < -0.39 is 23.8 Å². The Bertz CT molecular complexity index is 771. The van der Waals surface area contributed by atoms with Crippen LogP contribution in [0.1, 0.15) is 33.6 Å². The Balaban J connectivity index is 1.66. The lowest BCUT2D eigenvalue weighted by Gasteiger charge is -2.30. The lowest BCUT2D eigenvalue weighted by atomic mass is 10.0. The molecule has 3 aliphatic heterocycles. The van der Waals surface area contributed by atoms with Crippen molar-refractivity contribution in [2.75, 3.05) is 18.4 Å². The average Bonchev–Trinajstić information content (AvgIpc) is 2.76. The second-order valence-electron chi connectivity index (χ2n) is 6.17. The highest BCUT2D eigenvalue weighted by Gasteiger charge is 2.45. The summed E-state index contributed by atoms with van der Waals surface area (Å²) in [7, 11) is 0. The zero-order valence-electron chi connectivity index (χ0n) is 12.8. The van der Waals surface area contributed by atoms with Crippen LogP contribution in [-0.4, -0.2) is 53.7 Å². The van der Waals surface area contributed by atoms with Crippen LogP contribution in [0.25, 0.3) is 0 Å². The molecule has 0 aromatic heterocycles. The second kappa shape index (κ2) is 5.41. The van der Waals surface area contributed by atoms with Gasteiger partial charge in [-0.05, 0) is 18.6 Å². The summed E-state index contributed by atoms with van der Waals surface area (Å²) in [5.41, 5.74) is 1.20. The number of fused-ring (bicyclic) bond motifs is 1. The highest BCUT2D eigenvalue weighted by atomic mass is 16.2. The molecular weight excluding hydrogens is 312 g/mol. The topological polar surface area (TPSA) is 108 Å². The molecule has 1 aromatic carbocycles. The van der Waals surface area contributed by atoms with Crippen LogP contribution in [0.4, 0.5) is 5.69 Å². The van der Waals surface area contributed by atoms with Crippen molar-refractivity contribution in [3.63, 3.8) is 0 Å². The number of hydrogen-bond acceptors (Lipinski definition) is 6. The molecule has 3 aliphatic rings. The highest BCUT2D eigenvalue weighted by Crippen LogP contribution is 2.32. The summed E-state index contributed by atoms with van der Waals surface area (Å²) in [5.74, 6) is -1.95. The van der Waals surface area contributed by atoms with Gasteiger partial charge < -0.3 is 10.6 Å². The number of nitrogens with one attached hydrogen (secondary N) is 3. The first-order chi connectivity index (χ1) is 11.6. The van der Waals surface area contributed by atoms with E-state index in [0.29, 0.717) is 16.8 Å². The number of hydrogen-bond donors (Lipinski definition) is 3. The molecular formula is C16H16N4O4. The third kappa shape index (κ3) is 2.18. The van der Waals surface area contributed by atoms with Crippen molar-refractivity contribution in [2.45, 2.75) is 24.9 Å². The fraction of sp³-hybridized carbons (Fsp3) is 0.375. The maximum absolute atomic E-state index is 12.8. The number of imide groups is 2. The molecule has 0 radical (unpaired) electrons. The number of anilines is 1. The Kier molecular flexibility index (Phi) is 3.34. The lowest BCUT2D eigenvalue weighted by molar-refractivity contribution is -0.136. The van der Waals surface area contributed by atoms with E-state index in [1.807, 2.05) is 0 Å². The number of carbonyl (C=O) groups excluding carboxylic acids is 4. The first kappa shape index (κ1) is 14.8. The smallest absolute Gasteiger partial charge is 0.264 e. The molecule has 24 heavy (non-hydrogen) atoms. The van der Waals surface area contributed by atoms with Crippen LogP contribution in [-0.2, 0) is 9.59 Å². The van der Waals surface area contributed by atoms with Crippen LogP contribution < -0.4 is 16.0 Å². The maximum Gasteiger partial charge on any atom is 0.264 e. The summed E-state index contributed by atoms with van der Waals surface area (Å²) in [5, 5.41) is 8.58. The molecule has 124 valence electrons. The zero-order valence-corrected chi connectivity index (χ0v) is 12.8. The molecule has 4 amide bonds. The summed E-state index contributed by atoms with van der Waals surface area (Å²) in [6.45, 7) is 1.59. The van der Waals surface area contributed by atoms with Crippen molar-refractivity contribution in [3.8, 4) is 0 Å². The van der Waals surface area contributed by atoms with Crippen molar-refractivity contribution in [3.05, 3.63) is 29.3 Å². The molecule has 0 spiro atoms. The minimum atomic E-state index is -0.937. The van der Waals surface area contributed by atoms with Gasteiger partial charge in [0.25, 0.3) is 11.8 Å². The lowest BCUT2D eigenvalue weighted by Crippen LogP contribution is -2.54. The minimum Gasteiger partial charge on any atom is -0.379 e. The van der Waals surface area contributed by atoms with E-state index in [9.17, 15) is 19.2 Å². The quantitative estimate of drug-likeness (QED) is 0.644. The molecule has 1 unspecified atom stereocenters. The Hall–Kier alpha value is -2.74. The van der Waals surface area contributed by atoms with E-state index in [1.54, 1.807) is 18.2 Å². The largest absolute Gasteiger partial charge is 0.379 e. The third-order valence-electron chi connectivity index (χ3n) is 4.61. The molecule has 0 aliphatic carbocycles. The Morgan fingerprint density at radius 1 is 1.08 bits per heavy atom. The number of piperidine rings is 1. The van der Waals surface area contributed by atoms with Gasteiger partial charge in [0.2, 0.25) is 11.8 Å². The fourth-order valence-corrected chi connectivity index (χ4v) is 3.25. The molecule has 8 nitrogen and oxygen atoms in total. The van der Waals surface area contributed by atoms with Crippen LogP contribution in [0.2, 0.25) is 0 Å². The van der Waals surface area contributed by atoms with Crippen LogP contribution in [0.5, 0.6) is 0 Å². The Morgan fingerprint density at radius 2 is 1.88 bits per heavy atom. The van der Waals surface area contributed by atoms with E-state index in [1.165, 1.54) is 0 Å². The third-order valence-corrected chi connectivity index (χ3v) is 4.61. The summed E-state index contributed by atoms with van der Waals surface area (Å²) < 4.78 is 0. The second-order valence-corrected chi connectivity index (χ2v) is 6.17.